The average Bonchev–Trinajstić information content (AvgIpc) is 2.29. The van der Waals surface area contributed by atoms with Crippen LogP contribution in [0.25, 0.3) is 10.9 Å². The largest absolute Gasteiger partial charge is 0.388 e. The SMILES string of the molecule is CNc1cc(COC)nc2c(Br)cc(Br)cc12. The number of ether oxygens (including phenoxy) is 1. The highest BCUT2D eigenvalue weighted by Gasteiger charge is 2.09. The molecular formula is C12H12Br2N2O. The van der Waals surface area contributed by atoms with Gasteiger partial charge in [-0.1, -0.05) is 15.9 Å². The van der Waals surface area contributed by atoms with Crippen molar-refractivity contribution >= 4 is 48.5 Å². The van der Waals surface area contributed by atoms with Crippen LogP contribution >= 0.6 is 31.9 Å². The van der Waals surface area contributed by atoms with Gasteiger partial charge >= 0.3 is 0 Å². The number of aromatic nitrogens is 1. The lowest BCUT2D eigenvalue weighted by Crippen LogP contribution is -1.98. The fourth-order valence-electron chi connectivity index (χ4n) is 1.73. The summed E-state index contributed by atoms with van der Waals surface area (Å²) in [7, 11) is 3.57. The first-order valence-corrected chi connectivity index (χ1v) is 6.69. The number of anilines is 1. The number of hydrogen-bond donors (Lipinski definition) is 1. The minimum atomic E-state index is 0.507. The van der Waals surface area contributed by atoms with Gasteiger partial charge in [0.15, 0.2) is 0 Å². The van der Waals surface area contributed by atoms with E-state index < -0.39 is 0 Å². The predicted octanol–water partition coefficient (Wildman–Crippen LogP) is 3.95. The maximum atomic E-state index is 5.13. The summed E-state index contributed by atoms with van der Waals surface area (Å²) in [6.45, 7) is 0.507. The third-order valence-corrected chi connectivity index (χ3v) is 3.51. The molecule has 0 atom stereocenters. The molecule has 3 nitrogen and oxygen atoms in total. The Hall–Kier alpha value is -0.650. The van der Waals surface area contributed by atoms with Crippen molar-refractivity contribution < 1.29 is 4.74 Å². The smallest absolute Gasteiger partial charge is 0.0885 e. The van der Waals surface area contributed by atoms with Gasteiger partial charge in [0.1, 0.15) is 0 Å². The zero-order valence-electron chi connectivity index (χ0n) is 9.55. The molecule has 0 aliphatic rings. The van der Waals surface area contributed by atoms with Gasteiger partial charge < -0.3 is 10.1 Å². The summed E-state index contributed by atoms with van der Waals surface area (Å²) < 4.78 is 7.12. The molecule has 0 aliphatic carbocycles. The van der Waals surface area contributed by atoms with Gasteiger partial charge in [-0.05, 0) is 34.1 Å². The van der Waals surface area contributed by atoms with Gasteiger partial charge in [-0.25, -0.2) is 4.98 Å². The number of nitrogens with zero attached hydrogens (tertiary/aromatic N) is 1. The van der Waals surface area contributed by atoms with Crippen molar-refractivity contribution in [2.75, 3.05) is 19.5 Å². The maximum Gasteiger partial charge on any atom is 0.0885 e. The maximum absolute atomic E-state index is 5.13. The lowest BCUT2D eigenvalue weighted by atomic mass is 10.1. The standard InChI is InChI=1S/C12H12Br2N2O/c1-15-11-5-8(6-17-2)16-12-9(11)3-7(13)4-10(12)14/h3-5H,6H2,1-2H3,(H,15,16). The van der Waals surface area contributed by atoms with E-state index in [9.17, 15) is 0 Å². The Morgan fingerprint density at radius 2 is 2.06 bits per heavy atom. The van der Waals surface area contributed by atoms with Crippen molar-refractivity contribution in [3.8, 4) is 0 Å². The topological polar surface area (TPSA) is 34.1 Å². The molecule has 2 aromatic rings. The van der Waals surface area contributed by atoms with E-state index in [1.807, 2.05) is 19.2 Å². The van der Waals surface area contributed by atoms with Gasteiger partial charge in [0, 0.05) is 34.2 Å². The quantitative estimate of drug-likeness (QED) is 0.900. The highest BCUT2D eigenvalue weighted by Crippen LogP contribution is 2.32. The number of halogens is 2. The lowest BCUT2D eigenvalue weighted by molar-refractivity contribution is 0.182. The normalized spacial score (nSPS) is 10.8. The molecule has 0 fully saturated rings. The zero-order valence-corrected chi connectivity index (χ0v) is 12.7. The Kier molecular flexibility index (Phi) is 4.01. The van der Waals surface area contributed by atoms with Crippen molar-refractivity contribution in [3.63, 3.8) is 0 Å². The Morgan fingerprint density at radius 1 is 1.29 bits per heavy atom. The number of fused-ring (bicyclic) bond motifs is 1. The molecule has 0 unspecified atom stereocenters. The van der Waals surface area contributed by atoms with E-state index in [4.69, 9.17) is 4.74 Å². The van der Waals surface area contributed by atoms with E-state index in [2.05, 4.69) is 48.2 Å². The summed E-state index contributed by atoms with van der Waals surface area (Å²) in [5.74, 6) is 0. The van der Waals surface area contributed by atoms with Gasteiger partial charge in [-0.15, -0.1) is 0 Å². The Bertz CT molecular complexity index is 558. The lowest BCUT2D eigenvalue weighted by Gasteiger charge is -2.10. The van der Waals surface area contributed by atoms with Gasteiger partial charge in [0.2, 0.25) is 0 Å². The first-order chi connectivity index (χ1) is 8.15. The Balaban J connectivity index is 2.73. The third-order valence-electron chi connectivity index (χ3n) is 2.45. The van der Waals surface area contributed by atoms with Crippen LogP contribution in [0, 0.1) is 0 Å². The fourth-order valence-corrected chi connectivity index (χ4v) is 3.05. The van der Waals surface area contributed by atoms with Crippen LogP contribution in [-0.2, 0) is 11.3 Å². The molecule has 0 spiro atoms. The van der Waals surface area contributed by atoms with Crippen molar-refractivity contribution in [3.05, 3.63) is 32.8 Å². The number of nitrogens with one attached hydrogen (secondary N) is 1. The Labute approximate surface area is 117 Å². The summed E-state index contributed by atoms with van der Waals surface area (Å²) in [6, 6.07) is 6.05. The van der Waals surface area contributed by atoms with E-state index in [0.717, 1.165) is 31.2 Å². The van der Waals surface area contributed by atoms with Gasteiger partial charge in [-0.2, -0.15) is 0 Å². The molecule has 0 saturated carbocycles. The van der Waals surface area contributed by atoms with Crippen LogP contribution in [0.1, 0.15) is 5.69 Å². The monoisotopic (exact) mass is 358 g/mol. The minimum Gasteiger partial charge on any atom is -0.388 e. The number of pyridine rings is 1. The van der Waals surface area contributed by atoms with E-state index >= 15 is 0 Å². The molecular weight excluding hydrogens is 348 g/mol. The second-order valence-electron chi connectivity index (χ2n) is 3.63. The number of rotatable bonds is 3. The summed E-state index contributed by atoms with van der Waals surface area (Å²) in [6.07, 6.45) is 0. The highest BCUT2D eigenvalue weighted by molar-refractivity contribution is 9.11. The molecule has 0 radical (unpaired) electrons. The fraction of sp³-hybridized carbons (Fsp3) is 0.250. The molecule has 0 aliphatic heterocycles. The second-order valence-corrected chi connectivity index (χ2v) is 5.40. The average molecular weight is 360 g/mol. The van der Waals surface area contributed by atoms with Crippen LogP contribution < -0.4 is 5.32 Å². The van der Waals surface area contributed by atoms with Crippen LogP contribution in [0.5, 0.6) is 0 Å². The predicted molar refractivity (Wildman–Crippen MR) is 77.4 cm³/mol. The van der Waals surface area contributed by atoms with Crippen molar-refractivity contribution in [2.45, 2.75) is 6.61 Å². The molecule has 0 saturated heterocycles. The molecule has 0 amide bonds. The van der Waals surface area contributed by atoms with Crippen LogP contribution in [0.2, 0.25) is 0 Å². The molecule has 1 heterocycles. The van der Waals surface area contributed by atoms with Gasteiger partial charge in [0.05, 0.1) is 17.8 Å². The van der Waals surface area contributed by atoms with Crippen LogP contribution in [-0.4, -0.2) is 19.1 Å². The molecule has 1 aromatic carbocycles. The van der Waals surface area contributed by atoms with Crippen LogP contribution in [0.4, 0.5) is 5.69 Å². The second kappa shape index (κ2) is 5.33. The molecule has 0 bridgehead atoms. The van der Waals surface area contributed by atoms with Gasteiger partial charge in [-0.3, -0.25) is 0 Å². The molecule has 17 heavy (non-hydrogen) atoms. The molecule has 1 aromatic heterocycles. The van der Waals surface area contributed by atoms with Crippen LogP contribution in [0.3, 0.4) is 0 Å². The molecule has 2 rings (SSSR count). The zero-order chi connectivity index (χ0) is 12.4. The first-order valence-electron chi connectivity index (χ1n) is 5.11. The van der Waals surface area contributed by atoms with Crippen molar-refractivity contribution in [1.82, 2.24) is 4.98 Å². The van der Waals surface area contributed by atoms with E-state index in [0.29, 0.717) is 6.61 Å². The van der Waals surface area contributed by atoms with Crippen molar-refractivity contribution in [2.24, 2.45) is 0 Å². The van der Waals surface area contributed by atoms with E-state index in [1.54, 1.807) is 7.11 Å². The first kappa shape index (κ1) is 12.8. The Morgan fingerprint density at radius 3 is 2.71 bits per heavy atom. The van der Waals surface area contributed by atoms with E-state index in [-0.39, 0.29) is 0 Å². The minimum absolute atomic E-state index is 0.507. The van der Waals surface area contributed by atoms with Gasteiger partial charge in [0.25, 0.3) is 0 Å². The highest BCUT2D eigenvalue weighted by atomic mass is 79.9. The number of hydrogen-bond acceptors (Lipinski definition) is 3. The number of benzene rings is 1. The summed E-state index contributed by atoms with van der Waals surface area (Å²) in [5.41, 5.74) is 2.89. The molecule has 1 N–H and O–H groups in total. The molecule has 90 valence electrons. The summed E-state index contributed by atoms with van der Waals surface area (Å²) in [4.78, 5) is 4.58. The summed E-state index contributed by atoms with van der Waals surface area (Å²) in [5, 5.41) is 4.26. The van der Waals surface area contributed by atoms with Crippen molar-refractivity contribution in [1.29, 1.82) is 0 Å². The summed E-state index contributed by atoms with van der Waals surface area (Å²) >= 11 is 7.02. The third kappa shape index (κ3) is 2.61. The number of methoxy groups -OCH3 is 1. The van der Waals surface area contributed by atoms with Crippen LogP contribution in [0.15, 0.2) is 27.1 Å². The van der Waals surface area contributed by atoms with E-state index in [1.165, 1.54) is 0 Å². The molecule has 5 heteroatoms.